The molecule has 3 nitrogen and oxygen atoms in total. The molecule has 2 aliphatic rings. The van der Waals surface area contributed by atoms with Crippen LogP contribution in [0.15, 0.2) is 12.1 Å². The van der Waals surface area contributed by atoms with E-state index in [0.29, 0.717) is 13.2 Å². The fourth-order valence-electron chi connectivity index (χ4n) is 3.46. The Bertz CT molecular complexity index is 496. The van der Waals surface area contributed by atoms with Gasteiger partial charge in [-0.1, -0.05) is 37.3 Å². The minimum absolute atomic E-state index is 0.162. The van der Waals surface area contributed by atoms with Gasteiger partial charge in [0.2, 0.25) is 0 Å². The van der Waals surface area contributed by atoms with Gasteiger partial charge < -0.3 is 15.2 Å². The van der Waals surface area contributed by atoms with E-state index in [1.54, 1.807) is 0 Å². The SMILES string of the molecule is NCC1(OCc2cc(Cl)cc3c2OCC3)CCCCCC1. The molecule has 1 saturated carbocycles. The Morgan fingerprint density at radius 1 is 1.19 bits per heavy atom. The lowest BCUT2D eigenvalue weighted by molar-refractivity contribution is -0.0606. The van der Waals surface area contributed by atoms with Crippen LogP contribution in [-0.4, -0.2) is 18.8 Å². The van der Waals surface area contributed by atoms with Gasteiger partial charge in [-0.15, -0.1) is 0 Å². The van der Waals surface area contributed by atoms with Crippen LogP contribution < -0.4 is 10.5 Å². The summed E-state index contributed by atoms with van der Waals surface area (Å²) in [6, 6.07) is 3.96. The third kappa shape index (κ3) is 3.36. The second kappa shape index (κ2) is 6.55. The number of ether oxygens (including phenoxy) is 2. The Morgan fingerprint density at radius 2 is 1.95 bits per heavy atom. The van der Waals surface area contributed by atoms with Crippen molar-refractivity contribution in [2.75, 3.05) is 13.2 Å². The van der Waals surface area contributed by atoms with Crippen molar-refractivity contribution in [1.29, 1.82) is 0 Å². The maximum absolute atomic E-state index is 6.30. The molecular formula is C17H24ClNO2. The van der Waals surface area contributed by atoms with Crippen molar-refractivity contribution < 1.29 is 9.47 Å². The molecule has 21 heavy (non-hydrogen) atoms. The zero-order valence-electron chi connectivity index (χ0n) is 12.5. The quantitative estimate of drug-likeness (QED) is 0.859. The van der Waals surface area contributed by atoms with Crippen LogP contribution in [0, 0.1) is 0 Å². The molecule has 2 N–H and O–H groups in total. The second-order valence-corrected chi connectivity index (χ2v) is 6.68. The van der Waals surface area contributed by atoms with E-state index >= 15 is 0 Å². The molecule has 0 spiro atoms. The number of hydrogen-bond acceptors (Lipinski definition) is 3. The number of rotatable bonds is 4. The van der Waals surface area contributed by atoms with Crippen LogP contribution in [0.25, 0.3) is 0 Å². The summed E-state index contributed by atoms with van der Waals surface area (Å²) < 4.78 is 12.0. The minimum atomic E-state index is -0.162. The molecule has 3 rings (SSSR count). The molecule has 0 amide bonds. The summed E-state index contributed by atoms with van der Waals surface area (Å²) in [5, 5.41) is 0.764. The van der Waals surface area contributed by atoms with Gasteiger partial charge in [0.15, 0.2) is 0 Å². The molecular weight excluding hydrogens is 286 g/mol. The highest BCUT2D eigenvalue weighted by atomic mass is 35.5. The van der Waals surface area contributed by atoms with Crippen molar-refractivity contribution in [2.45, 2.75) is 57.2 Å². The lowest BCUT2D eigenvalue weighted by Crippen LogP contribution is -2.40. The van der Waals surface area contributed by atoms with Crippen molar-refractivity contribution in [3.8, 4) is 5.75 Å². The number of nitrogens with two attached hydrogens (primary N) is 1. The lowest BCUT2D eigenvalue weighted by Gasteiger charge is -2.32. The fourth-order valence-corrected chi connectivity index (χ4v) is 3.73. The number of hydrogen-bond donors (Lipinski definition) is 1. The second-order valence-electron chi connectivity index (χ2n) is 6.24. The first-order chi connectivity index (χ1) is 10.2. The van der Waals surface area contributed by atoms with Crippen LogP contribution in [0.5, 0.6) is 5.75 Å². The van der Waals surface area contributed by atoms with E-state index in [9.17, 15) is 0 Å². The molecule has 1 fully saturated rings. The number of fused-ring (bicyclic) bond motifs is 1. The van der Waals surface area contributed by atoms with Gasteiger partial charge in [-0.05, 0) is 30.5 Å². The highest BCUT2D eigenvalue weighted by molar-refractivity contribution is 6.30. The van der Waals surface area contributed by atoms with E-state index in [4.69, 9.17) is 26.8 Å². The van der Waals surface area contributed by atoms with E-state index in [0.717, 1.165) is 42.2 Å². The topological polar surface area (TPSA) is 44.5 Å². The predicted molar refractivity (Wildman–Crippen MR) is 84.9 cm³/mol. The first-order valence-corrected chi connectivity index (χ1v) is 8.38. The van der Waals surface area contributed by atoms with Gasteiger partial charge in [-0.2, -0.15) is 0 Å². The van der Waals surface area contributed by atoms with Crippen molar-refractivity contribution in [1.82, 2.24) is 0 Å². The fraction of sp³-hybridized carbons (Fsp3) is 0.647. The van der Waals surface area contributed by atoms with Crippen LogP contribution in [0.2, 0.25) is 5.02 Å². The van der Waals surface area contributed by atoms with Crippen molar-refractivity contribution >= 4 is 11.6 Å². The first-order valence-electron chi connectivity index (χ1n) is 8.01. The average molecular weight is 310 g/mol. The van der Waals surface area contributed by atoms with Gasteiger partial charge in [0.1, 0.15) is 5.75 Å². The molecule has 1 heterocycles. The van der Waals surface area contributed by atoms with E-state index in [-0.39, 0.29) is 5.60 Å². The Balaban J connectivity index is 1.74. The molecule has 1 aromatic rings. The smallest absolute Gasteiger partial charge is 0.128 e. The largest absolute Gasteiger partial charge is 0.493 e. The Labute approximate surface area is 131 Å². The zero-order valence-corrected chi connectivity index (χ0v) is 13.3. The summed E-state index contributed by atoms with van der Waals surface area (Å²) >= 11 is 6.21. The normalized spacial score (nSPS) is 20.7. The minimum Gasteiger partial charge on any atom is -0.493 e. The molecule has 1 aliphatic heterocycles. The van der Waals surface area contributed by atoms with Crippen molar-refractivity contribution in [3.63, 3.8) is 0 Å². The Morgan fingerprint density at radius 3 is 2.67 bits per heavy atom. The van der Waals surface area contributed by atoms with E-state index in [2.05, 4.69) is 0 Å². The van der Waals surface area contributed by atoms with Gasteiger partial charge in [0.05, 0.1) is 18.8 Å². The molecule has 0 radical (unpaired) electrons. The van der Waals surface area contributed by atoms with Crippen LogP contribution in [0.4, 0.5) is 0 Å². The Hall–Kier alpha value is -0.770. The molecule has 0 saturated heterocycles. The first kappa shape index (κ1) is 15.1. The summed E-state index contributed by atoms with van der Waals surface area (Å²) in [4.78, 5) is 0. The van der Waals surface area contributed by atoms with Crippen LogP contribution >= 0.6 is 11.6 Å². The van der Waals surface area contributed by atoms with Gasteiger partial charge >= 0.3 is 0 Å². The Kier molecular flexibility index (Phi) is 4.72. The molecule has 4 heteroatoms. The average Bonchev–Trinajstić information content (AvgIpc) is 2.82. The van der Waals surface area contributed by atoms with E-state index < -0.39 is 0 Å². The van der Waals surface area contributed by atoms with Crippen LogP contribution in [0.1, 0.15) is 49.7 Å². The molecule has 1 aliphatic carbocycles. The van der Waals surface area contributed by atoms with Gasteiger partial charge in [0, 0.05) is 23.6 Å². The van der Waals surface area contributed by atoms with Gasteiger partial charge in [-0.3, -0.25) is 0 Å². The van der Waals surface area contributed by atoms with Crippen molar-refractivity contribution in [2.24, 2.45) is 5.73 Å². The molecule has 0 bridgehead atoms. The molecule has 1 aromatic carbocycles. The zero-order chi connectivity index (χ0) is 14.7. The van der Waals surface area contributed by atoms with Crippen LogP contribution in [-0.2, 0) is 17.8 Å². The molecule has 0 aromatic heterocycles. The highest BCUT2D eigenvalue weighted by Gasteiger charge is 2.31. The van der Waals surface area contributed by atoms with E-state index in [1.807, 2.05) is 12.1 Å². The molecule has 116 valence electrons. The standard InChI is InChI=1S/C17H24ClNO2/c18-15-9-13-5-8-20-16(13)14(10-15)11-21-17(12-19)6-3-1-2-4-7-17/h9-10H,1-8,11-12,19H2. The van der Waals surface area contributed by atoms with Gasteiger partial charge in [0.25, 0.3) is 0 Å². The molecule has 0 atom stereocenters. The summed E-state index contributed by atoms with van der Waals surface area (Å²) in [5.41, 5.74) is 8.13. The monoisotopic (exact) mass is 309 g/mol. The number of halogens is 1. The van der Waals surface area contributed by atoms with Crippen molar-refractivity contribution in [3.05, 3.63) is 28.3 Å². The van der Waals surface area contributed by atoms with Gasteiger partial charge in [-0.25, -0.2) is 0 Å². The molecule has 0 unspecified atom stereocenters. The maximum Gasteiger partial charge on any atom is 0.128 e. The summed E-state index contributed by atoms with van der Waals surface area (Å²) in [5.74, 6) is 0.972. The summed E-state index contributed by atoms with van der Waals surface area (Å²) in [6.07, 6.45) is 8.06. The third-order valence-electron chi connectivity index (χ3n) is 4.75. The maximum atomic E-state index is 6.30. The lowest BCUT2D eigenvalue weighted by atomic mass is 9.94. The number of benzene rings is 1. The third-order valence-corrected chi connectivity index (χ3v) is 4.96. The van der Waals surface area contributed by atoms with Crippen LogP contribution in [0.3, 0.4) is 0 Å². The van der Waals surface area contributed by atoms with E-state index in [1.165, 1.54) is 31.2 Å². The highest BCUT2D eigenvalue weighted by Crippen LogP contribution is 2.36. The summed E-state index contributed by atoms with van der Waals surface area (Å²) in [7, 11) is 0. The summed E-state index contributed by atoms with van der Waals surface area (Å²) in [6.45, 7) is 1.88. The predicted octanol–water partition coefficient (Wildman–Crippen LogP) is 3.84.